The first-order valence-electron chi connectivity index (χ1n) is 7.54. The van der Waals surface area contributed by atoms with Crippen molar-refractivity contribution in [1.29, 1.82) is 0 Å². The van der Waals surface area contributed by atoms with Crippen molar-refractivity contribution in [1.82, 2.24) is 10.6 Å². The molecule has 3 N–H and O–H groups in total. The summed E-state index contributed by atoms with van der Waals surface area (Å²) in [5, 5.41) is 14.6. The second kappa shape index (κ2) is 7.50. The summed E-state index contributed by atoms with van der Waals surface area (Å²) in [7, 11) is 0. The van der Waals surface area contributed by atoms with Crippen LogP contribution < -0.4 is 10.6 Å². The van der Waals surface area contributed by atoms with Gasteiger partial charge < -0.3 is 15.7 Å². The molecule has 0 aromatic heterocycles. The van der Waals surface area contributed by atoms with Gasteiger partial charge in [0.05, 0.1) is 0 Å². The Kier molecular flexibility index (Phi) is 6.30. The second-order valence-corrected chi connectivity index (χ2v) is 6.82. The molecule has 0 radical (unpaired) electrons. The summed E-state index contributed by atoms with van der Waals surface area (Å²) >= 11 is 0. The van der Waals surface area contributed by atoms with E-state index < -0.39 is 5.97 Å². The van der Waals surface area contributed by atoms with E-state index in [9.17, 15) is 9.59 Å². The molecule has 1 aliphatic carbocycles. The van der Waals surface area contributed by atoms with Gasteiger partial charge in [0.15, 0.2) is 0 Å². The number of nitrogens with one attached hydrogen (secondary N) is 2. The smallest absolute Gasteiger partial charge is 0.314 e. The molecule has 0 saturated heterocycles. The Morgan fingerprint density at radius 1 is 1.25 bits per heavy atom. The summed E-state index contributed by atoms with van der Waals surface area (Å²) in [6.45, 7) is 7.43. The highest BCUT2D eigenvalue weighted by Crippen LogP contribution is 2.39. The minimum atomic E-state index is -0.806. The maximum atomic E-state index is 11.7. The number of rotatable bonds is 8. The fourth-order valence-corrected chi connectivity index (χ4v) is 2.70. The lowest BCUT2D eigenvalue weighted by Crippen LogP contribution is -2.45. The maximum Gasteiger partial charge on any atom is 0.314 e. The van der Waals surface area contributed by atoms with E-state index in [0.29, 0.717) is 19.0 Å². The molecule has 5 heteroatoms. The zero-order valence-electron chi connectivity index (χ0n) is 12.9. The van der Waals surface area contributed by atoms with Crippen molar-refractivity contribution < 1.29 is 14.7 Å². The Bertz CT molecular complexity index is 338. The molecule has 2 amide bonds. The van der Waals surface area contributed by atoms with E-state index in [2.05, 4.69) is 31.4 Å². The van der Waals surface area contributed by atoms with Gasteiger partial charge in [-0.3, -0.25) is 4.79 Å². The van der Waals surface area contributed by atoms with Crippen LogP contribution in [0.2, 0.25) is 0 Å². The molecule has 1 saturated carbocycles. The maximum absolute atomic E-state index is 11.7. The molecular weight excluding hydrogens is 256 g/mol. The molecule has 1 rings (SSSR count). The first-order valence-corrected chi connectivity index (χ1v) is 7.54. The molecule has 5 nitrogen and oxygen atoms in total. The Hall–Kier alpha value is -1.26. The van der Waals surface area contributed by atoms with Crippen molar-refractivity contribution in [2.75, 3.05) is 13.1 Å². The first kappa shape index (κ1) is 16.8. The van der Waals surface area contributed by atoms with Crippen LogP contribution in [0.3, 0.4) is 0 Å². The molecule has 20 heavy (non-hydrogen) atoms. The molecule has 1 aliphatic rings. The van der Waals surface area contributed by atoms with Gasteiger partial charge in [0.1, 0.15) is 0 Å². The minimum Gasteiger partial charge on any atom is -0.481 e. The highest BCUT2D eigenvalue weighted by Gasteiger charge is 2.31. The Morgan fingerprint density at radius 3 is 2.35 bits per heavy atom. The van der Waals surface area contributed by atoms with Gasteiger partial charge >= 0.3 is 12.0 Å². The molecule has 0 aromatic carbocycles. The number of aliphatic carboxylic acids is 1. The van der Waals surface area contributed by atoms with Gasteiger partial charge in [-0.2, -0.15) is 0 Å². The lowest BCUT2D eigenvalue weighted by Gasteiger charge is -2.38. The van der Waals surface area contributed by atoms with Crippen molar-refractivity contribution in [3.63, 3.8) is 0 Å². The zero-order valence-corrected chi connectivity index (χ0v) is 12.9. The van der Waals surface area contributed by atoms with Crippen LogP contribution in [0.25, 0.3) is 0 Å². The van der Waals surface area contributed by atoms with Crippen LogP contribution in [0.1, 0.15) is 52.9 Å². The molecule has 0 unspecified atom stereocenters. The van der Waals surface area contributed by atoms with Gasteiger partial charge in [0.2, 0.25) is 0 Å². The van der Waals surface area contributed by atoms with E-state index in [0.717, 1.165) is 6.42 Å². The van der Waals surface area contributed by atoms with Crippen molar-refractivity contribution >= 4 is 12.0 Å². The lowest BCUT2D eigenvalue weighted by atomic mass is 9.70. The molecule has 0 aromatic rings. The van der Waals surface area contributed by atoms with Crippen molar-refractivity contribution in [3.05, 3.63) is 0 Å². The third-order valence-corrected chi connectivity index (χ3v) is 4.06. The number of carboxylic acids is 1. The highest BCUT2D eigenvalue weighted by molar-refractivity contribution is 5.74. The Balaban J connectivity index is 2.26. The molecule has 0 heterocycles. The topological polar surface area (TPSA) is 78.4 Å². The van der Waals surface area contributed by atoms with E-state index in [1.165, 1.54) is 19.3 Å². The molecule has 0 aliphatic heterocycles. The lowest BCUT2D eigenvalue weighted by molar-refractivity contribution is -0.138. The zero-order chi connectivity index (χ0) is 15.2. The number of hydrogen-bond donors (Lipinski definition) is 3. The van der Waals surface area contributed by atoms with Crippen LogP contribution in [-0.4, -0.2) is 30.2 Å². The second-order valence-electron chi connectivity index (χ2n) is 6.82. The molecule has 116 valence electrons. The van der Waals surface area contributed by atoms with E-state index in [-0.39, 0.29) is 23.8 Å². The summed E-state index contributed by atoms with van der Waals surface area (Å²) in [6.07, 6.45) is 4.50. The van der Waals surface area contributed by atoms with Crippen LogP contribution >= 0.6 is 0 Å². The normalized spacial score (nSPS) is 18.2. The highest BCUT2D eigenvalue weighted by atomic mass is 16.4. The number of carbonyl (C=O) groups excluding carboxylic acids is 1. The van der Waals surface area contributed by atoms with Crippen LogP contribution in [0.4, 0.5) is 4.79 Å². The minimum absolute atomic E-state index is 0.00228. The Labute approximate surface area is 121 Å². The number of carboxylic acid groups (broad SMARTS) is 1. The number of urea groups is 1. The van der Waals surface area contributed by atoms with E-state index in [1.807, 2.05) is 0 Å². The molecule has 1 atom stereocenters. The SMILES string of the molecule is CC(C)C[C@H](CNC(=O)NCC1(C)CCC1)CC(=O)O. The third kappa shape index (κ3) is 6.26. The quantitative estimate of drug-likeness (QED) is 0.641. The molecule has 0 spiro atoms. The monoisotopic (exact) mass is 284 g/mol. The first-order chi connectivity index (χ1) is 9.31. The predicted octanol–water partition coefficient (Wildman–Crippen LogP) is 2.61. The standard InChI is InChI=1S/C15H28N2O3/c1-11(2)7-12(8-13(18)19)9-16-14(20)17-10-15(3)5-4-6-15/h11-12H,4-10H2,1-3H3,(H,18,19)(H2,16,17,20)/t12-/m0/s1. The van der Waals surface area contributed by atoms with Gasteiger partial charge in [-0.25, -0.2) is 4.79 Å². The van der Waals surface area contributed by atoms with Gasteiger partial charge in [-0.15, -0.1) is 0 Å². The fourth-order valence-electron chi connectivity index (χ4n) is 2.70. The summed E-state index contributed by atoms with van der Waals surface area (Å²) in [5.41, 5.74) is 0.260. The van der Waals surface area contributed by atoms with Crippen molar-refractivity contribution in [2.45, 2.75) is 52.9 Å². The summed E-state index contributed by atoms with van der Waals surface area (Å²) in [4.78, 5) is 22.5. The molecule has 0 bridgehead atoms. The van der Waals surface area contributed by atoms with Crippen LogP contribution in [0.5, 0.6) is 0 Å². The van der Waals surface area contributed by atoms with E-state index in [4.69, 9.17) is 5.11 Å². The van der Waals surface area contributed by atoms with Crippen LogP contribution in [-0.2, 0) is 4.79 Å². The van der Waals surface area contributed by atoms with Crippen LogP contribution in [0.15, 0.2) is 0 Å². The summed E-state index contributed by atoms with van der Waals surface area (Å²) < 4.78 is 0. The van der Waals surface area contributed by atoms with Gasteiger partial charge in [-0.1, -0.05) is 27.2 Å². The van der Waals surface area contributed by atoms with Crippen LogP contribution in [0, 0.1) is 17.3 Å². The number of carbonyl (C=O) groups is 2. The third-order valence-electron chi connectivity index (χ3n) is 4.06. The van der Waals surface area contributed by atoms with Crippen molar-refractivity contribution in [3.8, 4) is 0 Å². The van der Waals surface area contributed by atoms with E-state index in [1.54, 1.807) is 0 Å². The average Bonchev–Trinajstić information content (AvgIpc) is 2.29. The largest absolute Gasteiger partial charge is 0.481 e. The number of hydrogen-bond acceptors (Lipinski definition) is 2. The fraction of sp³-hybridized carbons (Fsp3) is 0.867. The van der Waals surface area contributed by atoms with Gasteiger partial charge in [0.25, 0.3) is 0 Å². The van der Waals surface area contributed by atoms with Gasteiger partial charge in [-0.05, 0) is 36.5 Å². The predicted molar refractivity (Wildman–Crippen MR) is 78.6 cm³/mol. The average molecular weight is 284 g/mol. The van der Waals surface area contributed by atoms with E-state index >= 15 is 0 Å². The summed E-state index contributed by atoms with van der Waals surface area (Å²) in [5.74, 6) is -0.379. The number of amides is 2. The van der Waals surface area contributed by atoms with Crippen molar-refractivity contribution in [2.24, 2.45) is 17.3 Å². The summed E-state index contributed by atoms with van der Waals surface area (Å²) in [6, 6.07) is -0.183. The molecular formula is C15H28N2O3. The molecule has 1 fully saturated rings. The van der Waals surface area contributed by atoms with Gasteiger partial charge in [0, 0.05) is 19.5 Å². The Morgan fingerprint density at radius 2 is 1.90 bits per heavy atom.